The van der Waals surface area contributed by atoms with Crippen LogP contribution in [0.3, 0.4) is 0 Å². The van der Waals surface area contributed by atoms with Crippen molar-refractivity contribution in [3.05, 3.63) is 58.2 Å². The van der Waals surface area contributed by atoms with E-state index in [0.717, 1.165) is 16.7 Å². The number of rotatable bonds is 3. The molecule has 0 spiro atoms. The van der Waals surface area contributed by atoms with Crippen molar-refractivity contribution in [3.63, 3.8) is 0 Å². The van der Waals surface area contributed by atoms with Gasteiger partial charge in [0.2, 0.25) is 0 Å². The average molecular weight is 385 g/mol. The highest BCUT2D eigenvalue weighted by molar-refractivity contribution is 6.01. The molecule has 2 rings (SSSR count). The van der Waals surface area contributed by atoms with Crippen LogP contribution < -0.4 is 5.43 Å². The molecular weight excluding hydrogens is 352 g/mol. The molecule has 1 aliphatic rings. The molecule has 5 heteroatoms. The Morgan fingerprint density at radius 3 is 2.14 bits per heavy atom. The van der Waals surface area contributed by atoms with Gasteiger partial charge in [0.1, 0.15) is 0 Å². The van der Waals surface area contributed by atoms with Crippen LogP contribution in [0, 0.1) is 19.8 Å². The third-order valence-corrected chi connectivity index (χ3v) is 4.95. The number of hydrogen-bond donors (Lipinski definition) is 1. The number of nitrogens with one attached hydrogen (secondary N) is 1. The van der Waals surface area contributed by atoms with Gasteiger partial charge in [0.25, 0.3) is 11.8 Å². The fourth-order valence-corrected chi connectivity index (χ4v) is 3.59. The number of aryl methyl sites for hydroxylation is 2. The smallest absolute Gasteiger partial charge is 0.272 e. The Labute approximate surface area is 168 Å². The van der Waals surface area contributed by atoms with Crippen molar-refractivity contribution in [3.8, 4) is 0 Å². The maximum Gasteiger partial charge on any atom is 0.272 e. The molecule has 0 saturated carbocycles. The number of amides is 2. The molecule has 1 N–H and O–H groups in total. The van der Waals surface area contributed by atoms with Gasteiger partial charge in [-0.2, -0.15) is 0 Å². The summed E-state index contributed by atoms with van der Waals surface area (Å²) in [6, 6.07) is 5.70. The van der Waals surface area contributed by atoms with Crippen LogP contribution in [0.15, 0.2) is 41.5 Å². The summed E-state index contributed by atoms with van der Waals surface area (Å²) in [7, 11) is 1.64. The maximum atomic E-state index is 13.2. The van der Waals surface area contributed by atoms with Crippen molar-refractivity contribution in [1.29, 1.82) is 0 Å². The lowest BCUT2D eigenvalue weighted by molar-refractivity contribution is -0.123. The zero-order valence-corrected chi connectivity index (χ0v) is 18.2. The molecule has 0 fully saturated rings. The summed E-state index contributed by atoms with van der Waals surface area (Å²) in [5.41, 5.74) is 6.21. The van der Waals surface area contributed by atoms with Gasteiger partial charge in [0.05, 0.1) is 11.6 Å². The SMILES string of the molecule is COC1C(C)=C(C(=O)NN(C(=O)c2cc(C)cc(C)c2)C(C)(C)C)C=CC1C. The molecule has 152 valence electrons. The molecule has 1 aromatic carbocycles. The van der Waals surface area contributed by atoms with Crippen LogP contribution in [0.5, 0.6) is 0 Å². The molecule has 0 heterocycles. The van der Waals surface area contributed by atoms with Gasteiger partial charge in [-0.1, -0.05) is 36.3 Å². The van der Waals surface area contributed by atoms with Gasteiger partial charge in [-0.25, -0.2) is 5.01 Å². The van der Waals surface area contributed by atoms with E-state index in [1.54, 1.807) is 7.11 Å². The van der Waals surface area contributed by atoms with Crippen molar-refractivity contribution in [1.82, 2.24) is 10.4 Å². The molecule has 0 aromatic heterocycles. The van der Waals surface area contributed by atoms with Gasteiger partial charge in [-0.15, -0.1) is 0 Å². The minimum Gasteiger partial charge on any atom is -0.376 e. The number of ether oxygens (including phenoxy) is 1. The van der Waals surface area contributed by atoms with Crippen molar-refractivity contribution >= 4 is 11.8 Å². The lowest BCUT2D eigenvalue weighted by atomic mass is 9.88. The van der Waals surface area contributed by atoms with E-state index in [9.17, 15) is 9.59 Å². The van der Waals surface area contributed by atoms with Gasteiger partial charge in [-0.05, 0) is 59.2 Å². The van der Waals surface area contributed by atoms with Crippen molar-refractivity contribution in [2.75, 3.05) is 7.11 Å². The van der Waals surface area contributed by atoms with E-state index >= 15 is 0 Å². The van der Waals surface area contributed by atoms with Crippen molar-refractivity contribution < 1.29 is 14.3 Å². The average Bonchev–Trinajstić information content (AvgIpc) is 2.57. The Morgan fingerprint density at radius 1 is 1.07 bits per heavy atom. The highest BCUT2D eigenvalue weighted by Gasteiger charge is 2.32. The van der Waals surface area contributed by atoms with Crippen LogP contribution in [0.2, 0.25) is 0 Å². The summed E-state index contributed by atoms with van der Waals surface area (Å²) in [5.74, 6) is -0.352. The molecule has 28 heavy (non-hydrogen) atoms. The van der Waals surface area contributed by atoms with E-state index in [-0.39, 0.29) is 23.8 Å². The van der Waals surface area contributed by atoms with E-state index < -0.39 is 5.54 Å². The number of carbonyl (C=O) groups is 2. The van der Waals surface area contributed by atoms with Crippen LogP contribution in [-0.4, -0.2) is 35.6 Å². The summed E-state index contributed by atoms with van der Waals surface area (Å²) in [4.78, 5) is 26.3. The second-order valence-corrected chi connectivity index (χ2v) is 8.60. The quantitative estimate of drug-likeness (QED) is 0.798. The number of carbonyl (C=O) groups excluding carboxylic acids is 2. The number of hydrazine groups is 1. The van der Waals surface area contributed by atoms with Crippen molar-refractivity contribution in [2.24, 2.45) is 5.92 Å². The van der Waals surface area contributed by atoms with Gasteiger partial charge in [0, 0.05) is 24.2 Å². The lowest BCUT2D eigenvalue weighted by Gasteiger charge is -2.36. The number of benzene rings is 1. The maximum absolute atomic E-state index is 13.2. The first kappa shape index (κ1) is 21.9. The van der Waals surface area contributed by atoms with Gasteiger partial charge < -0.3 is 4.74 Å². The van der Waals surface area contributed by atoms with Crippen molar-refractivity contribution in [2.45, 2.75) is 60.1 Å². The largest absolute Gasteiger partial charge is 0.376 e. The molecule has 0 radical (unpaired) electrons. The standard InChI is InChI=1S/C23H32N2O3/c1-14-11-15(2)13-18(12-14)22(27)25(23(5,6)7)24-21(26)19-10-9-16(3)20(28-8)17(19)4/h9-13,16,20H,1-8H3,(H,24,26). The van der Waals surface area contributed by atoms with E-state index in [2.05, 4.69) is 5.43 Å². The predicted molar refractivity (Wildman–Crippen MR) is 112 cm³/mol. The Bertz CT molecular complexity index is 810. The summed E-state index contributed by atoms with van der Waals surface area (Å²) in [5, 5.41) is 1.41. The molecule has 2 unspecified atom stereocenters. The normalized spacial score (nSPS) is 19.6. The van der Waals surface area contributed by atoms with Gasteiger partial charge in [0.15, 0.2) is 0 Å². The van der Waals surface area contributed by atoms with Crippen LogP contribution >= 0.6 is 0 Å². The summed E-state index contributed by atoms with van der Waals surface area (Å²) >= 11 is 0. The molecule has 0 saturated heterocycles. The highest BCUT2D eigenvalue weighted by Crippen LogP contribution is 2.27. The molecule has 5 nitrogen and oxygen atoms in total. The predicted octanol–water partition coefficient (Wildman–Crippen LogP) is 4.11. The first-order chi connectivity index (χ1) is 13.0. The van der Waals surface area contributed by atoms with Gasteiger partial charge >= 0.3 is 0 Å². The fraction of sp³-hybridized carbons (Fsp3) is 0.478. The number of nitrogens with zero attached hydrogens (tertiary/aromatic N) is 1. The Hall–Kier alpha value is -2.40. The van der Waals surface area contributed by atoms with Crippen LogP contribution in [0.1, 0.15) is 56.1 Å². The van der Waals surface area contributed by atoms with Gasteiger partial charge in [-0.3, -0.25) is 15.0 Å². The first-order valence-corrected chi connectivity index (χ1v) is 9.61. The lowest BCUT2D eigenvalue weighted by Crippen LogP contribution is -2.56. The molecule has 2 atom stereocenters. The third kappa shape index (κ3) is 4.71. The Balaban J connectivity index is 2.35. The van der Waals surface area contributed by atoms with E-state index in [1.807, 2.05) is 78.8 Å². The zero-order chi connectivity index (χ0) is 21.2. The Morgan fingerprint density at radius 2 is 1.64 bits per heavy atom. The van der Waals surface area contributed by atoms with Crippen LogP contribution in [0.25, 0.3) is 0 Å². The molecule has 1 aliphatic carbocycles. The first-order valence-electron chi connectivity index (χ1n) is 9.61. The second kappa shape index (κ2) is 8.31. The number of hydrogen-bond acceptors (Lipinski definition) is 3. The zero-order valence-electron chi connectivity index (χ0n) is 18.2. The summed E-state index contributed by atoms with van der Waals surface area (Å²) in [6.07, 6.45) is 3.62. The van der Waals surface area contributed by atoms with Crippen LogP contribution in [0.4, 0.5) is 0 Å². The molecule has 0 bridgehead atoms. The summed E-state index contributed by atoms with van der Waals surface area (Å²) in [6.45, 7) is 13.5. The highest BCUT2D eigenvalue weighted by atomic mass is 16.5. The molecular formula is C23H32N2O3. The minimum absolute atomic E-state index is 0.149. The second-order valence-electron chi connectivity index (χ2n) is 8.60. The molecule has 1 aromatic rings. The third-order valence-electron chi connectivity index (χ3n) is 4.95. The molecule has 2 amide bonds. The van der Waals surface area contributed by atoms with E-state index in [0.29, 0.717) is 11.1 Å². The monoisotopic (exact) mass is 384 g/mol. The number of methoxy groups -OCH3 is 1. The van der Waals surface area contributed by atoms with Crippen LogP contribution in [-0.2, 0) is 9.53 Å². The fourth-order valence-electron chi connectivity index (χ4n) is 3.59. The van der Waals surface area contributed by atoms with E-state index in [1.165, 1.54) is 5.01 Å². The summed E-state index contributed by atoms with van der Waals surface area (Å²) < 4.78 is 5.54. The minimum atomic E-state index is -0.592. The van der Waals surface area contributed by atoms with E-state index in [4.69, 9.17) is 4.74 Å². The topological polar surface area (TPSA) is 58.6 Å². The Kier molecular flexibility index (Phi) is 6.50. The molecule has 0 aliphatic heterocycles.